The van der Waals surface area contributed by atoms with Crippen molar-refractivity contribution in [2.24, 2.45) is 5.92 Å². The summed E-state index contributed by atoms with van der Waals surface area (Å²) in [5, 5.41) is 0. The summed E-state index contributed by atoms with van der Waals surface area (Å²) in [4.78, 5) is 16.8. The van der Waals surface area contributed by atoms with Crippen molar-refractivity contribution in [2.75, 3.05) is 32.8 Å². The van der Waals surface area contributed by atoms with Crippen molar-refractivity contribution < 1.29 is 9.53 Å². The summed E-state index contributed by atoms with van der Waals surface area (Å²) in [5.41, 5.74) is 1.33. The van der Waals surface area contributed by atoms with Crippen LogP contribution in [-0.2, 0) is 16.1 Å². The molecule has 1 aromatic rings. The van der Waals surface area contributed by atoms with E-state index in [1.54, 1.807) is 0 Å². The van der Waals surface area contributed by atoms with Gasteiger partial charge in [0.2, 0.25) is 5.91 Å². The summed E-state index contributed by atoms with van der Waals surface area (Å²) in [6.45, 7) is 6.96. The molecule has 1 aliphatic carbocycles. The highest BCUT2D eigenvalue weighted by molar-refractivity contribution is 5.76. The molecule has 4 heteroatoms. The van der Waals surface area contributed by atoms with Crippen LogP contribution in [0, 0.1) is 5.92 Å². The Morgan fingerprint density at radius 2 is 1.96 bits per heavy atom. The van der Waals surface area contributed by atoms with Gasteiger partial charge in [0.1, 0.15) is 0 Å². The van der Waals surface area contributed by atoms with Crippen molar-refractivity contribution in [3.05, 3.63) is 35.9 Å². The second-order valence-corrected chi connectivity index (χ2v) is 6.78. The smallest absolute Gasteiger partial charge is 0.224 e. The zero-order chi connectivity index (χ0) is 16.1. The van der Waals surface area contributed by atoms with E-state index < -0.39 is 0 Å². The van der Waals surface area contributed by atoms with Crippen LogP contribution in [0.5, 0.6) is 0 Å². The van der Waals surface area contributed by atoms with Crippen molar-refractivity contribution in [1.29, 1.82) is 0 Å². The molecule has 2 aliphatic rings. The SMILES string of the molecule is C[C@@H](C1CC1)N(CCC(=O)N1CCOCC1)Cc1ccccc1. The number of hydrogen-bond donors (Lipinski definition) is 0. The molecule has 1 saturated carbocycles. The highest BCUT2D eigenvalue weighted by Crippen LogP contribution is 2.35. The van der Waals surface area contributed by atoms with Gasteiger partial charge in [-0.15, -0.1) is 0 Å². The second kappa shape index (κ2) is 7.93. The molecule has 1 amide bonds. The quantitative estimate of drug-likeness (QED) is 0.775. The van der Waals surface area contributed by atoms with Crippen molar-refractivity contribution in [3.8, 4) is 0 Å². The lowest BCUT2D eigenvalue weighted by molar-refractivity contribution is -0.135. The van der Waals surface area contributed by atoms with Crippen molar-refractivity contribution >= 4 is 5.91 Å². The minimum Gasteiger partial charge on any atom is -0.378 e. The summed E-state index contributed by atoms with van der Waals surface area (Å²) in [6, 6.07) is 11.2. The summed E-state index contributed by atoms with van der Waals surface area (Å²) < 4.78 is 5.33. The van der Waals surface area contributed by atoms with E-state index in [4.69, 9.17) is 4.74 Å². The Labute approximate surface area is 139 Å². The van der Waals surface area contributed by atoms with E-state index in [1.165, 1.54) is 18.4 Å². The van der Waals surface area contributed by atoms with Crippen LogP contribution in [0.3, 0.4) is 0 Å². The number of carbonyl (C=O) groups is 1. The first kappa shape index (κ1) is 16.5. The van der Waals surface area contributed by atoms with Gasteiger partial charge in [0.25, 0.3) is 0 Å². The average Bonchev–Trinajstić information content (AvgIpc) is 3.44. The Kier molecular flexibility index (Phi) is 5.68. The molecule has 4 nitrogen and oxygen atoms in total. The van der Waals surface area contributed by atoms with Gasteiger partial charge < -0.3 is 9.64 Å². The van der Waals surface area contributed by atoms with Crippen molar-refractivity contribution in [3.63, 3.8) is 0 Å². The number of hydrogen-bond acceptors (Lipinski definition) is 3. The van der Waals surface area contributed by atoms with Crippen LogP contribution in [0.4, 0.5) is 0 Å². The van der Waals surface area contributed by atoms with Crippen LogP contribution >= 0.6 is 0 Å². The number of rotatable bonds is 7. The lowest BCUT2D eigenvalue weighted by atomic mass is 10.1. The van der Waals surface area contributed by atoms with E-state index in [9.17, 15) is 4.79 Å². The van der Waals surface area contributed by atoms with Gasteiger partial charge in [-0.25, -0.2) is 0 Å². The van der Waals surface area contributed by atoms with Gasteiger partial charge in [0, 0.05) is 38.6 Å². The molecule has 3 rings (SSSR count). The van der Waals surface area contributed by atoms with Crippen LogP contribution in [0.2, 0.25) is 0 Å². The molecular weight excluding hydrogens is 288 g/mol. The maximum atomic E-state index is 12.4. The molecule has 0 aromatic heterocycles. The first-order valence-corrected chi connectivity index (χ1v) is 8.87. The number of carbonyl (C=O) groups excluding carboxylic acids is 1. The first-order valence-electron chi connectivity index (χ1n) is 8.87. The zero-order valence-corrected chi connectivity index (χ0v) is 14.1. The summed E-state index contributed by atoms with van der Waals surface area (Å²) in [5.74, 6) is 1.09. The molecule has 0 spiro atoms. The van der Waals surface area contributed by atoms with Gasteiger partial charge in [0.15, 0.2) is 0 Å². The number of benzene rings is 1. The van der Waals surface area contributed by atoms with Gasteiger partial charge >= 0.3 is 0 Å². The van der Waals surface area contributed by atoms with Gasteiger partial charge in [0.05, 0.1) is 13.2 Å². The number of amides is 1. The highest BCUT2D eigenvalue weighted by Gasteiger charge is 2.32. The van der Waals surface area contributed by atoms with Crippen molar-refractivity contribution in [1.82, 2.24) is 9.80 Å². The summed E-state index contributed by atoms with van der Waals surface area (Å²) >= 11 is 0. The zero-order valence-electron chi connectivity index (χ0n) is 14.1. The largest absolute Gasteiger partial charge is 0.378 e. The Bertz CT molecular complexity index is 495. The Morgan fingerprint density at radius 3 is 2.61 bits per heavy atom. The third-order valence-corrected chi connectivity index (χ3v) is 5.09. The predicted octanol–water partition coefficient (Wildman–Crippen LogP) is 2.54. The van der Waals surface area contributed by atoms with Gasteiger partial charge in [-0.3, -0.25) is 9.69 Å². The van der Waals surface area contributed by atoms with Gasteiger partial charge in [-0.1, -0.05) is 30.3 Å². The molecule has 2 fully saturated rings. The lowest BCUT2D eigenvalue weighted by Crippen LogP contribution is -2.43. The molecule has 1 saturated heterocycles. The van der Waals surface area contributed by atoms with E-state index in [0.29, 0.717) is 25.7 Å². The highest BCUT2D eigenvalue weighted by atomic mass is 16.5. The molecular formula is C19H28N2O2. The molecule has 1 aromatic carbocycles. The van der Waals surface area contributed by atoms with E-state index in [0.717, 1.165) is 32.1 Å². The fourth-order valence-electron chi connectivity index (χ4n) is 3.33. The lowest BCUT2D eigenvalue weighted by Gasteiger charge is -2.31. The maximum absolute atomic E-state index is 12.4. The molecule has 1 aliphatic heterocycles. The minimum atomic E-state index is 0.273. The monoisotopic (exact) mass is 316 g/mol. The van der Waals surface area contributed by atoms with E-state index in [2.05, 4.69) is 42.2 Å². The summed E-state index contributed by atoms with van der Waals surface area (Å²) in [6.07, 6.45) is 3.29. The number of morpholine rings is 1. The molecule has 0 N–H and O–H groups in total. The predicted molar refractivity (Wildman–Crippen MR) is 91.1 cm³/mol. The van der Waals surface area contributed by atoms with E-state index >= 15 is 0 Å². The Balaban J connectivity index is 1.55. The first-order chi connectivity index (χ1) is 11.2. The Hall–Kier alpha value is -1.39. The molecule has 0 unspecified atom stereocenters. The molecule has 23 heavy (non-hydrogen) atoms. The van der Waals surface area contributed by atoms with Gasteiger partial charge in [-0.2, -0.15) is 0 Å². The summed E-state index contributed by atoms with van der Waals surface area (Å²) in [7, 11) is 0. The maximum Gasteiger partial charge on any atom is 0.224 e. The van der Waals surface area contributed by atoms with Crippen LogP contribution in [0.1, 0.15) is 31.7 Å². The van der Waals surface area contributed by atoms with E-state index in [1.807, 2.05) is 4.90 Å². The average molecular weight is 316 g/mol. The normalized spacial score (nSPS) is 19.8. The second-order valence-electron chi connectivity index (χ2n) is 6.78. The van der Waals surface area contributed by atoms with Crippen LogP contribution in [-0.4, -0.2) is 54.6 Å². The third kappa shape index (κ3) is 4.79. The molecule has 0 radical (unpaired) electrons. The fraction of sp³-hybridized carbons (Fsp3) is 0.632. The Morgan fingerprint density at radius 1 is 1.26 bits per heavy atom. The molecule has 0 bridgehead atoms. The van der Waals surface area contributed by atoms with Crippen LogP contribution in [0.15, 0.2) is 30.3 Å². The van der Waals surface area contributed by atoms with Crippen LogP contribution < -0.4 is 0 Å². The van der Waals surface area contributed by atoms with Crippen molar-refractivity contribution in [2.45, 2.75) is 38.8 Å². The third-order valence-electron chi connectivity index (χ3n) is 5.09. The minimum absolute atomic E-state index is 0.273. The molecule has 1 atom stereocenters. The van der Waals surface area contributed by atoms with Crippen LogP contribution in [0.25, 0.3) is 0 Å². The standard InChI is InChI=1S/C19H28N2O2/c1-16(18-7-8-18)21(15-17-5-3-2-4-6-17)10-9-19(22)20-11-13-23-14-12-20/h2-6,16,18H,7-15H2,1H3/t16-/m0/s1. The van der Waals surface area contributed by atoms with Gasteiger partial charge in [-0.05, 0) is 31.2 Å². The molecule has 126 valence electrons. The fourth-order valence-corrected chi connectivity index (χ4v) is 3.33. The topological polar surface area (TPSA) is 32.8 Å². The number of ether oxygens (including phenoxy) is 1. The molecule has 1 heterocycles. The van der Waals surface area contributed by atoms with E-state index in [-0.39, 0.29) is 5.91 Å². The number of nitrogens with zero attached hydrogens (tertiary/aromatic N) is 2.